The zero-order valence-corrected chi connectivity index (χ0v) is 10.8. The highest BCUT2D eigenvalue weighted by Crippen LogP contribution is 2.22. The second-order valence-electron chi connectivity index (χ2n) is 4.14. The molecule has 1 atom stereocenters. The van der Waals surface area contributed by atoms with Crippen LogP contribution in [0.2, 0.25) is 0 Å². The Kier molecular flexibility index (Phi) is 4.00. The van der Waals surface area contributed by atoms with Crippen molar-refractivity contribution in [2.45, 2.75) is 6.04 Å². The van der Waals surface area contributed by atoms with Gasteiger partial charge in [0.1, 0.15) is 0 Å². The van der Waals surface area contributed by atoms with E-state index in [9.17, 15) is 0 Å². The van der Waals surface area contributed by atoms with Crippen molar-refractivity contribution >= 4 is 12.4 Å². The summed E-state index contributed by atoms with van der Waals surface area (Å²) in [5.74, 6) is 1.74. The van der Waals surface area contributed by atoms with Gasteiger partial charge in [-0.05, 0) is 19.2 Å². The van der Waals surface area contributed by atoms with Gasteiger partial charge in [-0.3, -0.25) is 4.90 Å². The van der Waals surface area contributed by atoms with Crippen LogP contribution in [0.15, 0.2) is 27.3 Å². The predicted octanol–water partition coefficient (Wildman–Crippen LogP) is 1.33. The van der Waals surface area contributed by atoms with Crippen LogP contribution in [0.1, 0.15) is 11.9 Å². The highest BCUT2D eigenvalue weighted by atomic mass is 35.5. The van der Waals surface area contributed by atoms with E-state index in [2.05, 4.69) is 27.4 Å². The van der Waals surface area contributed by atoms with Crippen molar-refractivity contribution in [2.75, 3.05) is 26.7 Å². The lowest BCUT2D eigenvalue weighted by molar-refractivity contribution is 0.190. The number of nitrogens with one attached hydrogen (secondary N) is 1. The summed E-state index contributed by atoms with van der Waals surface area (Å²) in [6, 6.07) is 3.77. The minimum Gasteiger partial charge on any atom is -0.459 e. The number of likely N-dealkylation sites (N-methyl/N-ethyl adjacent to an activating group) is 1. The van der Waals surface area contributed by atoms with Crippen LogP contribution in [0.25, 0.3) is 11.7 Å². The van der Waals surface area contributed by atoms with Crippen molar-refractivity contribution in [3.05, 3.63) is 24.2 Å². The third kappa shape index (κ3) is 2.40. The molecule has 0 bridgehead atoms. The molecular weight excluding hydrogens is 256 g/mol. The van der Waals surface area contributed by atoms with Crippen LogP contribution >= 0.6 is 12.4 Å². The van der Waals surface area contributed by atoms with Gasteiger partial charge in [-0.15, -0.1) is 12.4 Å². The zero-order valence-electron chi connectivity index (χ0n) is 10.00. The summed E-state index contributed by atoms with van der Waals surface area (Å²) >= 11 is 0. The summed E-state index contributed by atoms with van der Waals surface area (Å²) in [4.78, 5) is 6.59. The molecule has 18 heavy (non-hydrogen) atoms. The number of piperazine rings is 1. The standard InChI is InChI=1S/C11H14N4O2.ClH/c1-15-5-4-12-7-8(15)10-13-11(17-14-10)9-3-2-6-16-9;/h2-3,6,8,12H,4-5,7H2,1H3;1H. The number of halogens is 1. The van der Waals surface area contributed by atoms with E-state index in [1.807, 2.05) is 0 Å². The molecule has 0 aliphatic carbocycles. The van der Waals surface area contributed by atoms with Crippen LogP contribution in [-0.2, 0) is 0 Å². The third-order valence-electron chi connectivity index (χ3n) is 2.98. The summed E-state index contributed by atoms with van der Waals surface area (Å²) < 4.78 is 10.4. The molecule has 2 aromatic rings. The van der Waals surface area contributed by atoms with E-state index in [0.717, 1.165) is 19.6 Å². The third-order valence-corrected chi connectivity index (χ3v) is 2.98. The Morgan fingerprint density at radius 2 is 2.39 bits per heavy atom. The maximum Gasteiger partial charge on any atom is 0.293 e. The number of aromatic nitrogens is 2. The van der Waals surface area contributed by atoms with Gasteiger partial charge in [0, 0.05) is 19.6 Å². The molecule has 0 radical (unpaired) electrons. The molecule has 0 aromatic carbocycles. The van der Waals surface area contributed by atoms with Gasteiger partial charge in [0.25, 0.3) is 5.89 Å². The number of hydrogen-bond donors (Lipinski definition) is 1. The van der Waals surface area contributed by atoms with Gasteiger partial charge in [0.2, 0.25) is 0 Å². The maximum atomic E-state index is 5.22. The zero-order chi connectivity index (χ0) is 11.7. The maximum absolute atomic E-state index is 5.22. The first-order chi connectivity index (χ1) is 8.34. The molecule has 1 unspecified atom stereocenters. The molecule has 3 rings (SSSR count). The molecule has 0 spiro atoms. The summed E-state index contributed by atoms with van der Waals surface area (Å²) in [5, 5.41) is 7.34. The first-order valence-corrected chi connectivity index (χ1v) is 5.63. The van der Waals surface area contributed by atoms with Gasteiger partial charge in [0.05, 0.1) is 12.3 Å². The van der Waals surface area contributed by atoms with Gasteiger partial charge < -0.3 is 14.3 Å². The van der Waals surface area contributed by atoms with Crippen molar-refractivity contribution in [3.63, 3.8) is 0 Å². The fourth-order valence-electron chi connectivity index (χ4n) is 1.96. The minimum absolute atomic E-state index is 0. The van der Waals surface area contributed by atoms with Gasteiger partial charge in [-0.1, -0.05) is 5.16 Å². The fraction of sp³-hybridized carbons (Fsp3) is 0.455. The van der Waals surface area contributed by atoms with Gasteiger partial charge in [-0.2, -0.15) is 4.98 Å². The number of hydrogen-bond acceptors (Lipinski definition) is 6. The van der Waals surface area contributed by atoms with E-state index >= 15 is 0 Å². The average Bonchev–Trinajstić information content (AvgIpc) is 3.00. The quantitative estimate of drug-likeness (QED) is 0.888. The fourth-order valence-corrected chi connectivity index (χ4v) is 1.96. The van der Waals surface area contributed by atoms with Gasteiger partial charge >= 0.3 is 0 Å². The summed E-state index contributed by atoms with van der Waals surface area (Å²) in [7, 11) is 2.06. The number of furan rings is 1. The topological polar surface area (TPSA) is 67.3 Å². The van der Waals surface area contributed by atoms with Crippen LogP contribution in [0.4, 0.5) is 0 Å². The normalized spacial score (nSPS) is 20.6. The molecule has 0 amide bonds. The van der Waals surface area contributed by atoms with E-state index in [-0.39, 0.29) is 18.4 Å². The smallest absolute Gasteiger partial charge is 0.293 e. The Bertz CT molecular complexity index is 485. The van der Waals surface area contributed by atoms with E-state index in [4.69, 9.17) is 8.94 Å². The molecule has 0 saturated carbocycles. The molecule has 1 aliphatic rings. The lowest BCUT2D eigenvalue weighted by Crippen LogP contribution is -2.44. The highest BCUT2D eigenvalue weighted by molar-refractivity contribution is 5.85. The van der Waals surface area contributed by atoms with Crippen molar-refractivity contribution in [3.8, 4) is 11.7 Å². The Hall–Kier alpha value is -1.37. The molecule has 7 heteroatoms. The van der Waals surface area contributed by atoms with Crippen molar-refractivity contribution in [1.82, 2.24) is 20.4 Å². The monoisotopic (exact) mass is 270 g/mol. The SMILES string of the molecule is CN1CCNCC1c1noc(-c2ccco2)n1.Cl. The van der Waals surface area contributed by atoms with E-state index in [1.54, 1.807) is 18.4 Å². The van der Waals surface area contributed by atoms with E-state index < -0.39 is 0 Å². The molecule has 1 saturated heterocycles. The summed E-state index contributed by atoms with van der Waals surface area (Å²) in [6.45, 7) is 2.82. The number of rotatable bonds is 2. The molecular formula is C11H15ClN4O2. The second kappa shape index (κ2) is 5.51. The lowest BCUT2D eigenvalue weighted by Gasteiger charge is -2.30. The van der Waals surface area contributed by atoms with Gasteiger partial charge in [0.15, 0.2) is 11.6 Å². The Balaban J connectivity index is 0.00000120. The van der Waals surface area contributed by atoms with Crippen LogP contribution in [0.3, 0.4) is 0 Å². The van der Waals surface area contributed by atoms with Crippen molar-refractivity contribution in [2.24, 2.45) is 0 Å². The van der Waals surface area contributed by atoms with Crippen molar-refractivity contribution in [1.29, 1.82) is 0 Å². The molecule has 3 heterocycles. The Morgan fingerprint density at radius 1 is 1.50 bits per heavy atom. The van der Waals surface area contributed by atoms with Crippen LogP contribution in [0.5, 0.6) is 0 Å². The van der Waals surface area contributed by atoms with Crippen molar-refractivity contribution < 1.29 is 8.94 Å². The highest BCUT2D eigenvalue weighted by Gasteiger charge is 2.25. The van der Waals surface area contributed by atoms with Crippen LogP contribution in [0, 0.1) is 0 Å². The predicted molar refractivity (Wildman–Crippen MR) is 67.5 cm³/mol. The first-order valence-electron chi connectivity index (χ1n) is 5.63. The Morgan fingerprint density at radius 3 is 3.11 bits per heavy atom. The van der Waals surface area contributed by atoms with Gasteiger partial charge in [-0.25, -0.2) is 0 Å². The molecule has 1 aliphatic heterocycles. The van der Waals surface area contributed by atoms with Crippen LogP contribution in [-0.4, -0.2) is 41.7 Å². The molecule has 1 fully saturated rings. The number of nitrogens with zero attached hydrogens (tertiary/aromatic N) is 3. The largest absolute Gasteiger partial charge is 0.459 e. The molecule has 1 N–H and O–H groups in total. The average molecular weight is 271 g/mol. The Labute approximate surface area is 111 Å². The molecule has 6 nitrogen and oxygen atoms in total. The van der Waals surface area contributed by atoms with E-state index in [0.29, 0.717) is 17.5 Å². The summed E-state index contributed by atoms with van der Waals surface area (Å²) in [5.41, 5.74) is 0. The second-order valence-corrected chi connectivity index (χ2v) is 4.14. The minimum atomic E-state index is 0. The lowest BCUT2D eigenvalue weighted by atomic mass is 10.2. The molecule has 98 valence electrons. The van der Waals surface area contributed by atoms with E-state index in [1.165, 1.54) is 0 Å². The summed E-state index contributed by atoms with van der Waals surface area (Å²) in [6.07, 6.45) is 1.59. The first kappa shape index (κ1) is 13.1. The molecule has 2 aromatic heterocycles. The van der Waals surface area contributed by atoms with Crippen LogP contribution < -0.4 is 5.32 Å².